The Bertz CT molecular complexity index is 411. The van der Waals surface area contributed by atoms with Crippen molar-refractivity contribution in [1.29, 1.82) is 5.26 Å². The molecule has 1 atom stereocenters. The van der Waals surface area contributed by atoms with E-state index in [9.17, 15) is 4.79 Å². The van der Waals surface area contributed by atoms with Crippen LogP contribution >= 0.6 is 0 Å². The number of carbonyl (C=O) groups is 1. The van der Waals surface area contributed by atoms with Crippen molar-refractivity contribution < 1.29 is 4.79 Å². The SMILES string of the molecule is CCN(CCC#N)C(=O)CC(N)c1ccccc1. The van der Waals surface area contributed by atoms with E-state index in [1.165, 1.54) is 0 Å². The molecule has 4 heteroatoms. The summed E-state index contributed by atoms with van der Waals surface area (Å²) in [4.78, 5) is 13.7. The third-order valence-corrected chi connectivity index (χ3v) is 2.85. The summed E-state index contributed by atoms with van der Waals surface area (Å²) in [7, 11) is 0. The zero-order valence-electron chi connectivity index (χ0n) is 10.7. The molecule has 1 unspecified atom stereocenters. The van der Waals surface area contributed by atoms with Gasteiger partial charge in [0.15, 0.2) is 0 Å². The van der Waals surface area contributed by atoms with Crippen LogP contribution in [0.2, 0.25) is 0 Å². The smallest absolute Gasteiger partial charge is 0.224 e. The molecule has 1 aromatic carbocycles. The topological polar surface area (TPSA) is 70.1 Å². The fraction of sp³-hybridized carbons (Fsp3) is 0.429. The van der Waals surface area contributed by atoms with Gasteiger partial charge in [-0.05, 0) is 12.5 Å². The van der Waals surface area contributed by atoms with Crippen molar-refractivity contribution in [1.82, 2.24) is 4.90 Å². The predicted octanol–water partition coefficient (Wildman–Crippen LogP) is 1.84. The Kier molecular flexibility index (Phi) is 5.89. The third kappa shape index (κ3) is 4.19. The van der Waals surface area contributed by atoms with Crippen molar-refractivity contribution in [3.05, 3.63) is 35.9 Å². The Morgan fingerprint density at radius 1 is 1.44 bits per heavy atom. The highest BCUT2D eigenvalue weighted by atomic mass is 16.2. The maximum atomic E-state index is 12.0. The summed E-state index contributed by atoms with van der Waals surface area (Å²) in [5.41, 5.74) is 6.96. The van der Waals surface area contributed by atoms with Gasteiger partial charge in [-0.15, -0.1) is 0 Å². The van der Waals surface area contributed by atoms with Gasteiger partial charge in [0.1, 0.15) is 0 Å². The Balaban J connectivity index is 2.55. The lowest BCUT2D eigenvalue weighted by molar-refractivity contribution is -0.131. The third-order valence-electron chi connectivity index (χ3n) is 2.85. The second kappa shape index (κ2) is 7.46. The molecule has 2 N–H and O–H groups in total. The molecule has 0 saturated heterocycles. The first-order valence-corrected chi connectivity index (χ1v) is 6.14. The number of hydrogen-bond acceptors (Lipinski definition) is 3. The zero-order chi connectivity index (χ0) is 13.4. The van der Waals surface area contributed by atoms with Crippen LogP contribution < -0.4 is 5.73 Å². The average molecular weight is 245 g/mol. The van der Waals surface area contributed by atoms with Gasteiger partial charge < -0.3 is 10.6 Å². The number of amides is 1. The quantitative estimate of drug-likeness (QED) is 0.831. The average Bonchev–Trinajstić information content (AvgIpc) is 2.40. The first-order valence-electron chi connectivity index (χ1n) is 6.14. The lowest BCUT2D eigenvalue weighted by Gasteiger charge is -2.21. The van der Waals surface area contributed by atoms with E-state index < -0.39 is 0 Å². The molecular formula is C14H19N3O. The van der Waals surface area contributed by atoms with Crippen LogP contribution in [0.5, 0.6) is 0 Å². The van der Waals surface area contributed by atoms with Gasteiger partial charge in [-0.25, -0.2) is 0 Å². The molecule has 1 aromatic rings. The summed E-state index contributed by atoms with van der Waals surface area (Å²) < 4.78 is 0. The molecule has 0 aliphatic heterocycles. The molecule has 0 heterocycles. The zero-order valence-corrected chi connectivity index (χ0v) is 10.7. The van der Waals surface area contributed by atoms with E-state index in [0.717, 1.165) is 5.56 Å². The van der Waals surface area contributed by atoms with E-state index >= 15 is 0 Å². The highest BCUT2D eigenvalue weighted by Crippen LogP contribution is 2.14. The van der Waals surface area contributed by atoms with Crippen molar-refractivity contribution in [2.75, 3.05) is 13.1 Å². The van der Waals surface area contributed by atoms with Gasteiger partial charge in [0, 0.05) is 25.6 Å². The van der Waals surface area contributed by atoms with E-state index in [-0.39, 0.29) is 18.4 Å². The minimum absolute atomic E-state index is 0.00380. The van der Waals surface area contributed by atoms with Crippen LogP contribution in [0.3, 0.4) is 0 Å². The summed E-state index contributed by atoms with van der Waals surface area (Å²) in [5.74, 6) is 0.00380. The van der Waals surface area contributed by atoms with Gasteiger partial charge in [0.2, 0.25) is 5.91 Å². The first-order chi connectivity index (χ1) is 8.69. The standard InChI is InChI=1S/C14H19N3O/c1-2-17(10-6-9-15)14(18)11-13(16)12-7-4-3-5-8-12/h3-5,7-8,13H,2,6,10-11,16H2,1H3. The van der Waals surface area contributed by atoms with Crippen molar-refractivity contribution in [3.63, 3.8) is 0 Å². The summed E-state index contributed by atoms with van der Waals surface area (Å²) in [5, 5.41) is 8.54. The summed E-state index contributed by atoms with van der Waals surface area (Å²) >= 11 is 0. The van der Waals surface area contributed by atoms with Crippen LogP contribution in [0.25, 0.3) is 0 Å². The van der Waals surface area contributed by atoms with E-state index in [1.54, 1.807) is 4.90 Å². The monoisotopic (exact) mass is 245 g/mol. The Morgan fingerprint density at radius 2 is 2.11 bits per heavy atom. The van der Waals surface area contributed by atoms with E-state index in [0.29, 0.717) is 19.5 Å². The highest BCUT2D eigenvalue weighted by molar-refractivity contribution is 5.77. The second-order valence-electron chi connectivity index (χ2n) is 4.10. The molecule has 18 heavy (non-hydrogen) atoms. The van der Waals surface area contributed by atoms with Gasteiger partial charge in [-0.1, -0.05) is 30.3 Å². The molecule has 96 valence electrons. The Labute approximate surface area is 108 Å². The number of nitriles is 1. The lowest BCUT2D eigenvalue weighted by Crippen LogP contribution is -2.33. The van der Waals surface area contributed by atoms with Crippen molar-refractivity contribution in [3.8, 4) is 6.07 Å². The fourth-order valence-corrected chi connectivity index (χ4v) is 1.78. The van der Waals surface area contributed by atoms with Gasteiger partial charge in [0.25, 0.3) is 0 Å². The number of carbonyl (C=O) groups excluding carboxylic acids is 1. The summed E-state index contributed by atoms with van der Waals surface area (Å²) in [6.45, 7) is 3.00. The van der Waals surface area contributed by atoms with Gasteiger partial charge in [-0.3, -0.25) is 4.79 Å². The number of benzene rings is 1. The normalized spacial score (nSPS) is 11.6. The molecule has 1 amide bonds. The van der Waals surface area contributed by atoms with E-state index in [1.807, 2.05) is 43.3 Å². The lowest BCUT2D eigenvalue weighted by atomic mass is 10.0. The summed E-state index contributed by atoms with van der Waals surface area (Å²) in [6, 6.07) is 11.3. The maximum absolute atomic E-state index is 12.0. The molecule has 0 radical (unpaired) electrons. The van der Waals surface area contributed by atoms with Crippen LogP contribution in [0.15, 0.2) is 30.3 Å². The molecule has 0 fully saturated rings. The van der Waals surface area contributed by atoms with Crippen molar-refractivity contribution >= 4 is 5.91 Å². The Morgan fingerprint density at radius 3 is 2.67 bits per heavy atom. The van der Waals surface area contributed by atoms with Crippen LogP contribution in [0.1, 0.15) is 31.4 Å². The highest BCUT2D eigenvalue weighted by Gasteiger charge is 2.16. The molecule has 0 aromatic heterocycles. The molecule has 4 nitrogen and oxygen atoms in total. The molecule has 0 aliphatic carbocycles. The second-order valence-corrected chi connectivity index (χ2v) is 4.10. The largest absolute Gasteiger partial charge is 0.342 e. The van der Waals surface area contributed by atoms with Gasteiger partial charge >= 0.3 is 0 Å². The number of nitrogens with two attached hydrogens (primary N) is 1. The maximum Gasteiger partial charge on any atom is 0.224 e. The molecule has 0 bridgehead atoms. The fourth-order valence-electron chi connectivity index (χ4n) is 1.78. The van der Waals surface area contributed by atoms with Crippen LogP contribution in [0, 0.1) is 11.3 Å². The van der Waals surface area contributed by atoms with Gasteiger partial charge in [-0.2, -0.15) is 5.26 Å². The van der Waals surface area contributed by atoms with Gasteiger partial charge in [0.05, 0.1) is 12.5 Å². The minimum atomic E-state index is -0.283. The van der Waals surface area contributed by atoms with Crippen LogP contribution in [0.4, 0.5) is 0 Å². The van der Waals surface area contributed by atoms with Crippen LogP contribution in [-0.4, -0.2) is 23.9 Å². The molecule has 1 rings (SSSR count). The van der Waals surface area contributed by atoms with E-state index in [4.69, 9.17) is 11.0 Å². The molecular weight excluding hydrogens is 226 g/mol. The van der Waals surface area contributed by atoms with Crippen molar-refractivity contribution in [2.24, 2.45) is 5.73 Å². The predicted molar refractivity (Wildman–Crippen MR) is 70.5 cm³/mol. The number of nitrogens with zero attached hydrogens (tertiary/aromatic N) is 2. The Hall–Kier alpha value is -1.86. The van der Waals surface area contributed by atoms with Crippen LogP contribution in [-0.2, 0) is 4.79 Å². The number of rotatable bonds is 6. The van der Waals surface area contributed by atoms with E-state index in [2.05, 4.69) is 0 Å². The number of hydrogen-bond donors (Lipinski definition) is 1. The summed E-state index contributed by atoms with van der Waals surface area (Å²) in [6.07, 6.45) is 0.642. The molecule has 0 saturated carbocycles. The molecule has 0 spiro atoms. The minimum Gasteiger partial charge on any atom is -0.342 e. The first kappa shape index (κ1) is 14.2. The van der Waals surface area contributed by atoms with Crippen molar-refractivity contribution in [2.45, 2.75) is 25.8 Å². The molecule has 0 aliphatic rings.